The molecule has 1 aliphatic rings. The molecule has 1 aromatic carbocycles. The molecule has 1 saturated heterocycles. The van der Waals surface area contributed by atoms with Gasteiger partial charge in [0.2, 0.25) is 0 Å². The monoisotopic (exact) mass is 251 g/mol. The molecule has 2 N–H and O–H groups in total. The maximum atomic E-state index is 10.8. The van der Waals surface area contributed by atoms with Crippen LogP contribution >= 0.6 is 11.8 Å². The fourth-order valence-electron chi connectivity index (χ4n) is 1.86. The molecular formula is C13H17NO2S. The lowest BCUT2D eigenvalue weighted by Crippen LogP contribution is -2.33. The first-order valence-electron chi connectivity index (χ1n) is 5.78. The highest BCUT2D eigenvalue weighted by Crippen LogP contribution is 2.33. The molecule has 0 radical (unpaired) electrons. The minimum absolute atomic E-state index is 0.109. The van der Waals surface area contributed by atoms with E-state index in [1.807, 2.05) is 0 Å². The number of carboxylic acid groups (broad SMARTS) is 1. The molecule has 1 aromatic rings. The topological polar surface area (TPSA) is 49.3 Å². The lowest BCUT2D eigenvalue weighted by Gasteiger charge is -2.13. The summed E-state index contributed by atoms with van der Waals surface area (Å²) in [6.07, 6.45) is 0. The number of hydrogen-bond donors (Lipinski definition) is 2. The van der Waals surface area contributed by atoms with Crippen molar-refractivity contribution in [3.05, 3.63) is 35.4 Å². The number of thioether (sulfide) groups is 1. The zero-order chi connectivity index (χ0) is 12.4. The number of nitrogens with one attached hydrogen (secondary N) is 1. The normalized spacial score (nSPS) is 24.2. The van der Waals surface area contributed by atoms with Crippen molar-refractivity contribution < 1.29 is 9.90 Å². The van der Waals surface area contributed by atoms with Gasteiger partial charge in [-0.2, -0.15) is 0 Å². The highest BCUT2D eigenvalue weighted by molar-refractivity contribution is 7.99. The third-order valence-electron chi connectivity index (χ3n) is 2.99. The number of carboxylic acids is 1. The van der Waals surface area contributed by atoms with E-state index in [1.54, 1.807) is 11.8 Å². The van der Waals surface area contributed by atoms with E-state index < -0.39 is 12.0 Å². The number of rotatable bonds is 3. The van der Waals surface area contributed by atoms with E-state index in [9.17, 15) is 4.79 Å². The number of benzene rings is 1. The second-order valence-corrected chi connectivity index (χ2v) is 5.73. The second-order valence-electron chi connectivity index (χ2n) is 4.59. The molecule has 3 nitrogen and oxygen atoms in total. The molecule has 4 heteroatoms. The summed E-state index contributed by atoms with van der Waals surface area (Å²) in [5.41, 5.74) is 2.47. The zero-order valence-corrected chi connectivity index (χ0v) is 10.8. The van der Waals surface area contributed by atoms with Crippen molar-refractivity contribution in [2.75, 3.05) is 5.75 Å². The predicted molar refractivity (Wildman–Crippen MR) is 70.3 cm³/mol. The molecule has 0 aliphatic carbocycles. The zero-order valence-electron chi connectivity index (χ0n) is 10.0. The summed E-state index contributed by atoms with van der Waals surface area (Å²) in [6.45, 7) is 4.33. The van der Waals surface area contributed by atoms with Gasteiger partial charge in [-0.3, -0.25) is 10.1 Å². The van der Waals surface area contributed by atoms with E-state index >= 15 is 0 Å². The molecule has 0 spiro atoms. The van der Waals surface area contributed by atoms with Crippen LogP contribution in [0, 0.1) is 0 Å². The molecule has 2 rings (SSSR count). The van der Waals surface area contributed by atoms with Gasteiger partial charge in [-0.25, -0.2) is 0 Å². The van der Waals surface area contributed by atoms with Crippen LogP contribution in [0.4, 0.5) is 0 Å². The Morgan fingerprint density at radius 3 is 2.53 bits per heavy atom. The number of aliphatic carboxylic acids is 1. The Morgan fingerprint density at radius 2 is 2.06 bits per heavy atom. The summed E-state index contributed by atoms with van der Waals surface area (Å²) in [6, 6.07) is 8.00. The molecule has 0 amide bonds. The molecular weight excluding hydrogens is 234 g/mol. The summed E-state index contributed by atoms with van der Waals surface area (Å²) < 4.78 is 0. The van der Waals surface area contributed by atoms with Crippen LogP contribution in [0.2, 0.25) is 0 Å². The van der Waals surface area contributed by atoms with Gasteiger partial charge in [0.15, 0.2) is 0 Å². The van der Waals surface area contributed by atoms with Crippen molar-refractivity contribution in [2.24, 2.45) is 0 Å². The van der Waals surface area contributed by atoms with Gasteiger partial charge in [-0.15, -0.1) is 11.8 Å². The van der Waals surface area contributed by atoms with Crippen LogP contribution in [-0.2, 0) is 4.79 Å². The third-order valence-corrected chi connectivity index (χ3v) is 4.25. The lowest BCUT2D eigenvalue weighted by molar-refractivity contribution is -0.138. The molecule has 2 atom stereocenters. The van der Waals surface area contributed by atoms with E-state index in [2.05, 4.69) is 43.4 Å². The highest BCUT2D eigenvalue weighted by Gasteiger charge is 2.30. The van der Waals surface area contributed by atoms with Gasteiger partial charge in [0.25, 0.3) is 0 Å². The second kappa shape index (κ2) is 5.10. The molecule has 0 aromatic heterocycles. The average Bonchev–Trinajstić information content (AvgIpc) is 2.78. The van der Waals surface area contributed by atoms with E-state index in [0.717, 1.165) is 5.56 Å². The van der Waals surface area contributed by atoms with Crippen molar-refractivity contribution in [1.82, 2.24) is 5.32 Å². The third kappa shape index (κ3) is 2.82. The van der Waals surface area contributed by atoms with Gasteiger partial charge in [0.1, 0.15) is 6.04 Å². The summed E-state index contributed by atoms with van der Waals surface area (Å²) in [7, 11) is 0. The summed E-state index contributed by atoms with van der Waals surface area (Å²) in [5, 5.41) is 12.1. The van der Waals surface area contributed by atoms with Crippen LogP contribution < -0.4 is 5.32 Å². The Balaban J connectivity index is 2.06. The Labute approximate surface area is 106 Å². The largest absolute Gasteiger partial charge is 0.480 e. The van der Waals surface area contributed by atoms with Gasteiger partial charge < -0.3 is 5.11 Å². The van der Waals surface area contributed by atoms with Crippen LogP contribution in [0.1, 0.15) is 36.3 Å². The van der Waals surface area contributed by atoms with Crippen molar-refractivity contribution in [1.29, 1.82) is 0 Å². The first-order valence-corrected chi connectivity index (χ1v) is 6.83. The van der Waals surface area contributed by atoms with E-state index in [1.165, 1.54) is 5.56 Å². The molecule has 1 heterocycles. The first-order chi connectivity index (χ1) is 8.08. The van der Waals surface area contributed by atoms with Crippen molar-refractivity contribution in [2.45, 2.75) is 31.2 Å². The quantitative estimate of drug-likeness (QED) is 0.867. The van der Waals surface area contributed by atoms with Gasteiger partial charge >= 0.3 is 5.97 Å². The van der Waals surface area contributed by atoms with Gasteiger partial charge in [0.05, 0.1) is 5.37 Å². The number of carbonyl (C=O) groups is 1. The summed E-state index contributed by atoms with van der Waals surface area (Å²) in [5.74, 6) is 0.394. The minimum atomic E-state index is -0.765. The highest BCUT2D eigenvalue weighted by atomic mass is 32.2. The standard InChI is InChI=1S/C13H17NO2S/c1-8(2)9-3-5-10(6-4-9)12-14-11(7-17-12)13(15)16/h3-6,8,11-12,14H,7H2,1-2H3,(H,15,16)/t11-,12?/m1/s1. The SMILES string of the molecule is CC(C)c1ccc(C2N[C@@H](C(=O)O)CS2)cc1. The van der Waals surface area contributed by atoms with Crippen LogP contribution in [0.15, 0.2) is 24.3 Å². The molecule has 92 valence electrons. The number of hydrogen-bond acceptors (Lipinski definition) is 3. The molecule has 1 fully saturated rings. The van der Waals surface area contributed by atoms with E-state index in [0.29, 0.717) is 11.7 Å². The lowest BCUT2D eigenvalue weighted by atomic mass is 10.0. The van der Waals surface area contributed by atoms with E-state index in [4.69, 9.17) is 5.11 Å². The maximum Gasteiger partial charge on any atom is 0.321 e. The first kappa shape index (κ1) is 12.5. The van der Waals surface area contributed by atoms with Crippen LogP contribution in [0.25, 0.3) is 0 Å². The predicted octanol–water partition coefficient (Wildman–Crippen LogP) is 2.60. The Morgan fingerprint density at radius 1 is 1.41 bits per heavy atom. The minimum Gasteiger partial charge on any atom is -0.480 e. The maximum absolute atomic E-state index is 10.8. The molecule has 1 unspecified atom stereocenters. The fraction of sp³-hybridized carbons (Fsp3) is 0.462. The molecule has 0 bridgehead atoms. The molecule has 17 heavy (non-hydrogen) atoms. The molecule has 1 aliphatic heterocycles. The van der Waals surface area contributed by atoms with Crippen molar-refractivity contribution >= 4 is 17.7 Å². The smallest absolute Gasteiger partial charge is 0.321 e. The Kier molecular flexibility index (Phi) is 3.74. The van der Waals surface area contributed by atoms with Crippen molar-refractivity contribution in [3.8, 4) is 0 Å². The Hall–Kier alpha value is -1.00. The van der Waals surface area contributed by atoms with Crippen LogP contribution in [-0.4, -0.2) is 22.9 Å². The summed E-state index contributed by atoms with van der Waals surface area (Å²) in [4.78, 5) is 10.8. The van der Waals surface area contributed by atoms with Gasteiger partial charge in [0, 0.05) is 5.75 Å². The van der Waals surface area contributed by atoms with Crippen molar-refractivity contribution in [3.63, 3.8) is 0 Å². The van der Waals surface area contributed by atoms with Gasteiger partial charge in [-0.05, 0) is 17.0 Å². The fourth-order valence-corrected chi connectivity index (χ4v) is 3.10. The molecule has 0 saturated carbocycles. The van der Waals surface area contributed by atoms with E-state index in [-0.39, 0.29) is 5.37 Å². The van der Waals surface area contributed by atoms with Gasteiger partial charge in [-0.1, -0.05) is 38.1 Å². The summed E-state index contributed by atoms with van der Waals surface area (Å²) >= 11 is 1.65. The van der Waals surface area contributed by atoms with Crippen LogP contribution in [0.3, 0.4) is 0 Å². The Bertz CT molecular complexity index is 402. The average molecular weight is 251 g/mol. The van der Waals surface area contributed by atoms with Crippen LogP contribution in [0.5, 0.6) is 0 Å².